The summed E-state index contributed by atoms with van der Waals surface area (Å²) in [6.07, 6.45) is 1.61. The average Bonchev–Trinajstić information content (AvgIpc) is 2.23. The maximum Gasteiger partial charge on any atom is 0.332 e. The first-order chi connectivity index (χ1) is 7.04. The highest BCUT2D eigenvalue weighted by Crippen LogP contribution is 2.04. The molecule has 1 N–H and O–H groups in total. The van der Waals surface area contributed by atoms with Crippen LogP contribution >= 0.6 is 12.2 Å². The zero-order valence-electron chi connectivity index (χ0n) is 8.27. The highest BCUT2D eigenvalue weighted by atomic mass is 32.1. The number of aromatic nitrogens is 3. The normalized spacial score (nSPS) is 10.8. The first-order valence-corrected chi connectivity index (χ1v) is 4.72. The second kappa shape index (κ2) is 3.16. The summed E-state index contributed by atoms with van der Waals surface area (Å²) in [4.78, 5) is 26.2. The Bertz CT molecular complexity index is 708. The molecule has 2 aromatic rings. The zero-order valence-corrected chi connectivity index (χ0v) is 9.09. The van der Waals surface area contributed by atoms with Crippen LogP contribution in [0.5, 0.6) is 0 Å². The Morgan fingerprint density at radius 2 is 1.93 bits per heavy atom. The van der Waals surface area contributed by atoms with Crippen molar-refractivity contribution in [1.82, 2.24) is 14.1 Å². The molecule has 0 fully saturated rings. The summed E-state index contributed by atoms with van der Waals surface area (Å²) in [7, 11) is 3.03. The lowest BCUT2D eigenvalue weighted by Gasteiger charge is -2.06. The molecule has 15 heavy (non-hydrogen) atoms. The van der Waals surface area contributed by atoms with Gasteiger partial charge in [-0.05, 0) is 6.07 Å². The fourth-order valence-corrected chi connectivity index (χ4v) is 1.77. The third kappa shape index (κ3) is 1.25. The van der Waals surface area contributed by atoms with E-state index in [2.05, 4.69) is 4.98 Å². The molecular formula is C9H9N3O2S. The predicted molar refractivity (Wildman–Crippen MR) is 59.6 cm³/mol. The number of nitrogens with zero attached hydrogens (tertiary/aromatic N) is 2. The van der Waals surface area contributed by atoms with E-state index in [-0.39, 0.29) is 11.2 Å². The Morgan fingerprint density at radius 1 is 1.27 bits per heavy atom. The van der Waals surface area contributed by atoms with Crippen LogP contribution in [-0.4, -0.2) is 14.1 Å². The molecule has 6 heteroatoms. The maximum atomic E-state index is 11.8. The van der Waals surface area contributed by atoms with Crippen molar-refractivity contribution >= 4 is 23.3 Å². The largest absolute Gasteiger partial charge is 0.347 e. The van der Waals surface area contributed by atoms with Crippen LogP contribution in [0.1, 0.15) is 0 Å². The number of aromatic amines is 1. The third-order valence-electron chi connectivity index (χ3n) is 2.37. The molecule has 2 rings (SSSR count). The summed E-state index contributed by atoms with van der Waals surface area (Å²) in [5.41, 5.74) is -0.282. The van der Waals surface area contributed by atoms with Crippen LogP contribution < -0.4 is 11.2 Å². The molecule has 0 spiro atoms. The lowest BCUT2D eigenvalue weighted by atomic mass is 10.3. The van der Waals surface area contributed by atoms with Crippen molar-refractivity contribution in [3.8, 4) is 0 Å². The quantitative estimate of drug-likeness (QED) is 0.653. The Morgan fingerprint density at radius 3 is 2.60 bits per heavy atom. The molecule has 0 aromatic carbocycles. The van der Waals surface area contributed by atoms with E-state index in [0.717, 1.165) is 4.57 Å². The summed E-state index contributed by atoms with van der Waals surface area (Å²) in [6, 6.07) is 1.63. The van der Waals surface area contributed by atoms with Crippen molar-refractivity contribution in [2.45, 2.75) is 0 Å². The van der Waals surface area contributed by atoms with E-state index in [9.17, 15) is 9.59 Å². The zero-order chi connectivity index (χ0) is 11.2. The van der Waals surface area contributed by atoms with Gasteiger partial charge in [-0.2, -0.15) is 0 Å². The van der Waals surface area contributed by atoms with Gasteiger partial charge in [0, 0.05) is 20.3 Å². The molecule has 0 radical (unpaired) electrons. The second-order valence-electron chi connectivity index (χ2n) is 3.27. The minimum absolute atomic E-state index is 0.366. The molecule has 78 valence electrons. The van der Waals surface area contributed by atoms with Gasteiger partial charge in [0.15, 0.2) is 0 Å². The van der Waals surface area contributed by atoms with Gasteiger partial charge in [-0.15, -0.1) is 0 Å². The molecule has 0 atom stereocenters. The number of hydrogen-bond donors (Lipinski definition) is 1. The van der Waals surface area contributed by atoms with Gasteiger partial charge in [0.05, 0.1) is 9.90 Å². The van der Waals surface area contributed by atoms with Gasteiger partial charge in [-0.25, -0.2) is 4.79 Å². The maximum absolute atomic E-state index is 11.8. The lowest BCUT2D eigenvalue weighted by Crippen LogP contribution is -2.37. The number of rotatable bonds is 0. The summed E-state index contributed by atoms with van der Waals surface area (Å²) < 4.78 is 2.86. The Balaban J connectivity index is 3.31. The molecule has 0 saturated heterocycles. The molecule has 5 nitrogen and oxygen atoms in total. The van der Waals surface area contributed by atoms with Crippen LogP contribution in [-0.2, 0) is 14.1 Å². The molecular weight excluding hydrogens is 214 g/mol. The van der Waals surface area contributed by atoms with E-state index in [1.807, 2.05) is 0 Å². The van der Waals surface area contributed by atoms with E-state index in [0.29, 0.717) is 15.5 Å². The van der Waals surface area contributed by atoms with E-state index >= 15 is 0 Å². The van der Waals surface area contributed by atoms with Crippen LogP contribution in [0.25, 0.3) is 11.0 Å². The summed E-state index contributed by atoms with van der Waals surface area (Å²) >= 11 is 5.06. The monoisotopic (exact) mass is 223 g/mol. The highest BCUT2D eigenvalue weighted by Gasteiger charge is 2.08. The Kier molecular flexibility index (Phi) is 2.08. The van der Waals surface area contributed by atoms with Gasteiger partial charge in [-0.3, -0.25) is 13.9 Å². The molecule has 0 unspecified atom stereocenters. The molecule has 0 saturated carbocycles. The van der Waals surface area contributed by atoms with Crippen LogP contribution in [0.15, 0.2) is 21.9 Å². The predicted octanol–water partition coefficient (Wildman–Crippen LogP) is 0.295. The molecule has 0 aliphatic heterocycles. The summed E-state index contributed by atoms with van der Waals surface area (Å²) in [6.45, 7) is 0. The number of aryl methyl sites for hydroxylation is 1. The fourth-order valence-electron chi connectivity index (χ4n) is 1.51. The van der Waals surface area contributed by atoms with Gasteiger partial charge in [0.1, 0.15) is 5.65 Å². The summed E-state index contributed by atoms with van der Waals surface area (Å²) in [5, 5.41) is 0.372. The minimum atomic E-state index is -0.371. The van der Waals surface area contributed by atoms with Crippen molar-refractivity contribution in [3.63, 3.8) is 0 Å². The molecule has 0 bridgehead atoms. The van der Waals surface area contributed by atoms with Crippen LogP contribution in [0.3, 0.4) is 0 Å². The Labute approximate surface area is 89.6 Å². The van der Waals surface area contributed by atoms with E-state index in [4.69, 9.17) is 12.2 Å². The number of pyridine rings is 1. The van der Waals surface area contributed by atoms with Gasteiger partial charge in [-0.1, -0.05) is 12.2 Å². The molecule has 2 heterocycles. The van der Waals surface area contributed by atoms with E-state index < -0.39 is 0 Å². The molecule has 0 amide bonds. The lowest BCUT2D eigenvalue weighted by molar-refractivity contribution is 0.707. The van der Waals surface area contributed by atoms with Crippen molar-refractivity contribution in [2.75, 3.05) is 0 Å². The number of H-pyrrole nitrogens is 1. The number of fused-ring (bicyclic) bond motifs is 1. The first-order valence-electron chi connectivity index (χ1n) is 4.31. The van der Waals surface area contributed by atoms with Gasteiger partial charge in [0.2, 0.25) is 0 Å². The van der Waals surface area contributed by atoms with E-state index in [1.165, 1.54) is 11.6 Å². The smallest absolute Gasteiger partial charge is 0.332 e. The van der Waals surface area contributed by atoms with Crippen molar-refractivity contribution in [3.05, 3.63) is 37.6 Å². The van der Waals surface area contributed by atoms with Crippen LogP contribution in [0.2, 0.25) is 0 Å². The second-order valence-corrected chi connectivity index (χ2v) is 3.71. The number of nitrogens with one attached hydrogen (secondary N) is 1. The standard InChI is InChI=1S/C9H9N3O2S/c1-11-7-6(5(15)3-4-10-7)8(13)12(2)9(11)14/h3-4H,1-2H3,(H,10,15). The van der Waals surface area contributed by atoms with Crippen molar-refractivity contribution in [1.29, 1.82) is 0 Å². The van der Waals surface area contributed by atoms with Crippen LogP contribution in [0, 0.1) is 4.51 Å². The average molecular weight is 223 g/mol. The highest BCUT2D eigenvalue weighted by molar-refractivity contribution is 7.71. The minimum Gasteiger partial charge on any atom is -0.347 e. The van der Waals surface area contributed by atoms with Crippen LogP contribution in [0.4, 0.5) is 0 Å². The fraction of sp³-hybridized carbons (Fsp3) is 0.222. The van der Waals surface area contributed by atoms with Gasteiger partial charge >= 0.3 is 5.69 Å². The van der Waals surface area contributed by atoms with Crippen molar-refractivity contribution in [2.24, 2.45) is 14.1 Å². The molecule has 2 aromatic heterocycles. The summed E-state index contributed by atoms with van der Waals surface area (Å²) in [5.74, 6) is 0. The van der Waals surface area contributed by atoms with E-state index in [1.54, 1.807) is 19.3 Å². The Hall–Kier alpha value is -1.69. The SMILES string of the molecule is Cn1c(=O)c2c(=S)cc[nH]c2n(C)c1=O. The molecule has 0 aliphatic rings. The number of hydrogen-bond acceptors (Lipinski definition) is 3. The third-order valence-corrected chi connectivity index (χ3v) is 2.71. The first kappa shape index (κ1) is 9.85. The van der Waals surface area contributed by atoms with Gasteiger partial charge in [0.25, 0.3) is 5.56 Å². The topological polar surface area (TPSA) is 59.8 Å². The molecule has 0 aliphatic carbocycles. The van der Waals surface area contributed by atoms with Gasteiger partial charge < -0.3 is 4.98 Å². The van der Waals surface area contributed by atoms with Crippen molar-refractivity contribution < 1.29 is 0 Å².